The van der Waals surface area contributed by atoms with Crippen LogP contribution in [-0.2, 0) is 11.2 Å². The van der Waals surface area contributed by atoms with E-state index in [1.54, 1.807) is 12.4 Å². The van der Waals surface area contributed by atoms with Crippen molar-refractivity contribution in [1.29, 1.82) is 0 Å². The van der Waals surface area contributed by atoms with Gasteiger partial charge < -0.3 is 10.6 Å². The fraction of sp³-hybridized carbons (Fsp3) is 0.333. The molecule has 6 nitrogen and oxygen atoms in total. The lowest BCUT2D eigenvalue weighted by atomic mass is 9.92. The van der Waals surface area contributed by atoms with Gasteiger partial charge in [-0.3, -0.25) is 9.78 Å². The van der Waals surface area contributed by atoms with Crippen LogP contribution < -0.4 is 5.73 Å². The molecule has 0 saturated carbocycles. The Hall–Kier alpha value is -2.99. The third kappa shape index (κ3) is 5.39. The van der Waals surface area contributed by atoms with Crippen molar-refractivity contribution in [3.05, 3.63) is 70.8 Å². The van der Waals surface area contributed by atoms with Gasteiger partial charge in [0.15, 0.2) is 0 Å². The lowest BCUT2D eigenvalue weighted by molar-refractivity contribution is -0.132. The molecular formula is C24H26ClN5O. The van der Waals surface area contributed by atoms with Crippen molar-refractivity contribution in [1.82, 2.24) is 19.9 Å². The van der Waals surface area contributed by atoms with E-state index in [0.29, 0.717) is 24.4 Å². The van der Waals surface area contributed by atoms with Crippen molar-refractivity contribution in [2.45, 2.75) is 38.5 Å². The maximum absolute atomic E-state index is 12.9. The van der Waals surface area contributed by atoms with Gasteiger partial charge in [0.05, 0.1) is 0 Å². The number of hydrogen-bond acceptors (Lipinski definition) is 5. The largest absolute Gasteiger partial charge is 0.368 e. The summed E-state index contributed by atoms with van der Waals surface area (Å²) < 4.78 is 0. The van der Waals surface area contributed by atoms with Crippen LogP contribution >= 0.6 is 11.6 Å². The molecule has 0 spiro atoms. The molecule has 1 amide bonds. The lowest BCUT2D eigenvalue weighted by Gasteiger charge is -2.33. The molecule has 0 radical (unpaired) electrons. The van der Waals surface area contributed by atoms with Crippen molar-refractivity contribution in [2.75, 3.05) is 18.8 Å². The second-order valence-corrected chi connectivity index (χ2v) is 8.50. The average molecular weight is 436 g/mol. The topological polar surface area (TPSA) is 85.0 Å². The number of anilines is 1. The summed E-state index contributed by atoms with van der Waals surface area (Å²) in [5.41, 5.74) is 10.6. The molecule has 0 aliphatic carbocycles. The fourth-order valence-corrected chi connectivity index (χ4v) is 4.32. The van der Waals surface area contributed by atoms with E-state index in [-0.39, 0.29) is 17.8 Å². The highest BCUT2D eigenvalue weighted by molar-refractivity contribution is 6.30. The summed E-state index contributed by atoms with van der Waals surface area (Å²) >= 11 is 6.06. The van der Waals surface area contributed by atoms with Gasteiger partial charge in [-0.2, -0.15) is 0 Å². The van der Waals surface area contributed by atoms with Gasteiger partial charge in [0.2, 0.25) is 11.9 Å². The highest BCUT2D eigenvalue weighted by Crippen LogP contribution is 2.30. The van der Waals surface area contributed by atoms with Gasteiger partial charge in [-0.15, -0.1) is 0 Å². The molecule has 3 aromatic rings. The minimum atomic E-state index is 0.185. The van der Waals surface area contributed by atoms with Gasteiger partial charge >= 0.3 is 0 Å². The van der Waals surface area contributed by atoms with Crippen LogP contribution in [0.25, 0.3) is 11.1 Å². The smallest absolute Gasteiger partial charge is 0.222 e. The first-order valence-electron chi connectivity index (χ1n) is 10.6. The van der Waals surface area contributed by atoms with Crippen molar-refractivity contribution < 1.29 is 4.79 Å². The summed E-state index contributed by atoms with van der Waals surface area (Å²) in [5, 5.41) is 0.704. The van der Waals surface area contributed by atoms with Crippen molar-refractivity contribution in [3.63, 3.8) is 0 Å². The average Bonchev–Trinajstić information content (AvgIpc) is 2.78. The third-order valence-electron chi connectivity index (χ3n) is 5.69. The number of aromatic nitrogens is 3. The number of pyridine rings is 1. The lowest BCUT2D eigenvalue weighted by Crippen LogP contribution is -2.39. The molecule has 1 aromatic carbocycles. The van der Waals surface area contributed by atoms with Crippen LogP contribution in [0.3, 0.4) is 0 Å². The molecule has 3 heterocycles. The molecule has 1 aliphatic rings. The summed E-state index contributed by atoms with van der Waals surface area (Å²) in [6.45, 7) is 3.49. The Morgan fingerprint density at radius 3 is 2.77 bits per heavy atom. The summed E-state index contributed by atoms with van der Waals surface area (Å²) in [6, 6.07) is 11.8. The van der Waals surface area contributed by atoms with E-state index in [4.69, 9.17) is 22.3 Å². The summed E-state index contributed by atoms with van der Waals surface area (Å²) in [4.78, 5) is 27.8. The van der Waals surface area contributed by atoms with Crippen LogP contribution in [0.15, 0.2) is 48.8 Å². The molecule has 4 rings (SSSR count). The molecule has 160 valence electrons. The van der Waals surface area contributed by atoms with Crippen molar-refractivity contribution in [3.8, 4) is 11.1 Å². The highest BCUT2D eigenvalue weighted by Gasteiger charge is 2.26. The standard InChI is InChI=1S/C24H26ClN5O/c1-16-10-19(20-13-27-24(26)28-14-20)12-22(29-16)18-5-3-9-30(15-18)23(31)8-7-17-4-2-6-21(25)11-17/h2,4,6,10-14,18H,3,5,7-9,15H2,1H3,(H2,26,27,28)/t18-/m1/s1. The Bertz CT molecular complexity index is 1070. The molecule has 0 bridgehead atoms. The Labute approximate surface area is 187 Å². The molecular weight excluding hydrogens is 410 g/mol. The zero-order valence-electron chi connectivity index (χ0n) is 17.6. The molecule has 2 N–H and O–H groups in total. The van der Waals surface area contributed by atoms with E-state index in [1.165, 1.54) is 0 Å². The molecule has 7 heteroatoms. The molecule has 1 fully saturated rings. The maximum atomic E-state index is 12.9. The number of aryl methyl sites for hydroxylation is 2. The van der Waals surface area contributed by atoms with E-state index >= 15 is 0 Å². The number of nitrogen functional groups attached to an aromatic ring is 1. The Morgan fingerprint density at radius 1 is 1.19 bits per heavy atom. The quantitative estimate of drug-likeness (QED) is 0.641. The summed E-state index contributed by atoms with van der Waals surface area (Å²) in [6.07, 6.45) is 6.64. The number of nitrogens with zero attached hydrogens (tertiary/aromatic N) is 4. The first-order valence-corrected chi connectivity index (χ1v) is 10.9. The molecule has 0 unspecified atom stereocenters. The van der Waals surface area contributed by atoms with Crippen LogP contribution in [-0.4, -0.2) is 38.8 Å². The predicted molar refractivity (Wildman–Crippen MR) is 123 cm³/mol. The summed E-state index contributed by atoms with van der Waals surface area (Å²) in [7, 11) is 0. The summed E-state index contributed by atoms with van der Waals surface area (Å²) in [5.74, 6) is 0.663. The molecule has 1 saturated heterocycles. The van der Waals surface area contributed by atoms with Crippen molar-refractivity contribution in [2.24, 2.45) is 0 Å². The van der Waals surface area contributed by atoms with Crippen molar-refractivity contribution >= 4 is 23.5 Å². The number of halogens is 1. The van der Waals surface area contributed by atoms with E-state index in [0.717, 1.165) is 47.5 Å². The third-order valence-corrected chi connectivity index (χ3v) is 5.92. The maximum Gasteiger partial charge on any atom is 0.222 e. The molecule has 1 aliphatic heterocycles. The van der Waals surface area contributed by atoms with E-state index < -0.39 is 0 Å². The molecule has 2 aromatic heterocycles. The van der Waals surface area contributed by atoms with Crippen LogP contribution in [0.4, 0.5) is 5.95 Å². The van der Waals surface area contributed by atoms with E-state index in [1.807, 2.05) is 42.2 Å². The van der Waals surface area contributed by atoms with Crippen LogP contribution in [0.2, 0.25) is 5.02 Å². The van der Waals surface area contributed by atoms with Gasteiger partial charge in [0.25, 0.3) is 0 Å². The van der Waals surface area contributed by atoms with Gasteiger partial charge in [0, 0.05) is 59.8 Å². The number of likely N-dealkylation sites (tertiary alicyclic amines) is 1. The monoisotopic (exact) mass is 435 g/mol. The normalized spacial score (nSPS) is 16.3. The Morgan fingerprint density at radius 2 is 2.00 bits per heavy atom. The number of nitrogens with two attached hydrogens (primary N) is 1. The number of carbonyl (C=O) groups excluding carboxylic acids is 1. The van der Waals surface area contributed by atoms with Gasteiger partial charge in [-0.05, 0) is 61.6 Å². The minimum absolute atomic E-state index is 0.185. The number of amides is 1. The second-order valence-electron chi connectivity index (χ2n) is 8.06. The second kappa shape index (κ2) is 9.43. The predicted octanol–water partition coefficient (Wildman–Crippen LogP) is 4.42. The molecule has 31 heavy (non-hydrogen) atoms. The first-order chi connectivity index (χ1) is 15.0. The Balaban J connectivity index is 1.45. The zero-order valence-corrected chi connectivity index (χ0v) is 18.3. The highest BCUT2D eigenvalue weighted by atomic mass is 35.5. The van der Waals surface area contributed by atoms with Crippen LogP contribution in [0, 0.1) is 6.92 Å². The van der Waals surface area contributed by atoms with Gasteiger partial charge in [0.1, 0.15) is 0 Å². The number of rotatable bonds is 5. The zero-order chi connectivity index (χ0) is 21.8. The molecule has 1 atom stereocenters. The Kier molecular flexibility index (Phi) is 6.47. The number of carbonyl (C=O) groups is 1. The number of benzene rings is 1. The van der Waals surface area contributed by atoms with E-state index in [9.17, 15) is 4.79 Å². The van der Waals surface area contributed by atoms with Crippen LogP contribution in [0.1, 0.15) is 42.1 Å². The van der Waals surface area contributed by atoms with Crippen LogP contribution in [0.5, 0.6) is 0 Å². The minimum Gasteiger partial charge on any atom is -0.368 e. The fourth-order valence-electron chi connectivity index (χ4n) is 4.10. The van der Waals surface area contributed by atoms with Gasteiger partial charge in [-0.25, -0.2) is 9.97 Å². The SMILES string of the molecule is Cc1cc(-c2cnc(N)nc2)cc([C@@H]2CCCN(C(=O)CCc3cccc(Cl)c3)C2)n1. The first kappa shape index (κ1) is 21.2. The number of hydrogen-bond donors (Lipinski definition) is 1. The van der Waals surface area contributed by atoms with E-state index in [2.05, 4.69) is 16.0 Å². The number of piperidine rings is 1. The van der Waals surface area contributed by atoms with Gasteiger partial charge in [-0.1, -0.05) is 23.7 Å².